The zero-order chi connectivity index (χ0) is 30.3. The van der Waals surface area contributed by atoms with Crippen molar-refractivity contribution in [3.05, 3.63) is 125 Å². The van der Waals surface area contributed by atoms with Gasteiger partial charge in [0.25, 0.3) is 0 Å². The summed E-state index contributed by atoms with van der Waals surface area (Å²) in [4.78, 5) is 46.5. The summed E-state index contributed by atoms with van der Waals surface area (Å²) in [6.45, 7) is 5.15. The fourth-order valence-corrected chi connectivity index (χ4v) is 5.64. The Morgan fingerprint density at radius 2 is 1.35 bits per heavy atom. The molecule has 0 saturated carbocycles. The zero-order valence-corrected chi connectivity index (χ0v) is 24.5. The van der Waals surface area contributed by atoms with Crippen LogP contribution in [0.25, 0.3) is 10.1 Å². The molecule has 5 aromatic rings. The summed E-state index contributed by atoms with van der Waals surface area (Å²) in [5.74, 6) is -0.542. The number of fused-ring (bicyclic) bond motifs is 1. The first-order valence-corrected chi connectivity index (χ1v) is 14.2. The number of anilines is 3. The van der Waals surface area contributed by atoms with Crippen molar-refractivity contribution in [3.63, 3.8) is 0 Å². The van der Waals surface area contributed by atoms with E-state index in [1.165, 1.54) is 6.92 Å². The highest BCUT2D eigenvalue weighted by Gasteiger charge is 2.19. The Morgan fingerprint density at radius 3 is 1.98 bits per heavy atom. The third-order valence-corrected chi connectivity index (χ3v) is 7.68. The van der Waals surface area contributed by atoms with E-state index in [1.54, 1.807) is 37.3 Å². The minimum absolute atomic E-state index is 0.0533. The van der Waals surface area contributed by atoms with E-state index in [-0.39, 0.29) is 5.78 Å². The molecule has 0 spiro atoms. The predicted molar refractivity (Wildman–Crippen MR) is 170 cm³/mol. The summed E-state index contributed by atoms with van der Waals surface area (Å²) in [6.07, 6.45) is 0. The average molecular weight is 590 g/mol. The summed E-state index contributed by atoms with van der Waals surface area (Å²) in [5.41, 5.74) is 6.62. The molecule has 0 unspecified atom stereocenters. The van der Waals surface area contributed by atoms with Crippen molar-refractivity contribution >= 4 is 68.1 Å². The van der Waals surface area contributed by atoms with Crippen molar-refractivity contribution in [1.29, 1.82) is 0 Å². The maximum atomic E-state index is 13.1. The Kier molecular flexibility index (Phi) is 8.83. The van der Waals surface area contributed by atoms with Crippen molar-refractivity contribution in [2.45, 2.75) is 20.8 Å². The van der Waals surface area contributed by atoms with Crippen LogP contribution in [0.1, 0.15) is 47.8 Å². The molecular formula is C34H27N3O5S. The van der Waals surface area contributed by atoms with E-state index in [9.17, 15) is 14.4 Å². The number of hydrogen-bond donors (Lipinski definition) is 0. The second kappa shape index (κ2) is 13.1. The summed E-state index contributed by atoms with van der Waals surface area (Å²) in [5, 5.41) is 10.8. The zero-order valence-electron chi connectivity index (χ0n) is 23.7. The Labute approximate surface area is 252 Å². The van der Waals surface area contributed by atoms with Gasteiger partial charge in [-0.1, -0.05) is 52.8 Å². The molecule has 0 N–H and O–H groups in total. The van der Waals surface area contributed by atoms with Crippen molar-refractivity contribution in [2.75, 3.05) is 4.90 Å². The molecule has 0 amide bonds. The molecule has 8 nitrogen and oxygen atoms in total. The number of rotatable bonds is 10. The number of hydrogen-bond acceptors (Lipinski definition) is 9. The lowest BCUT2D eigenvalue weighted by molar-refractivity contribution is -0.141. The van der Waals surface area contributed by atoms with Gasteiger partial charge in [0, 0.05) is 45.1 Å². The Hall–Kier alpha value is -5.41. The molecule has 1 heterocycles. The maximum Gasteiger partial charge on any atom is 0.331 e. The van der Waals surface area contributed by atoms with E-state index in [1.807, 2.05) is 90.3 Å². The fraction of sp³-hybridized carbons (Fsp3) is 0.0882. The fourth-order valence-electron chi connectivity index (χ4n) is 4.66. The molecule has 43 heavy (non-hydrogen) atoms. The Bertz CT molecular complexity index is 1840. The molecule has 0 atom stereocenters. The van der Waals surface area contributed by atoms with Gasteiger partial charge in [-0.3, -0.25) is 9.59 Å². The van der Waals surface area contributed by atoms with Gasteiger partial charge in [-0.05, 0) is 79.4 Å². The first-order chi connectivity index (χ1) is 20.9. The van der Waals surface area contributed by atoms with Crippen LogP contribution in [0.2, 0.25) is 0 Å². The number of carbonyl (C=O) groups is 3. The van der Waals surface area contributed by atoms with Gasteiger partial charge < -0.3 is 14.6 Å². The van der Waals surface area contributed by atoms with Gasteiger partial charge in [0.15, 0.2) is 5.78 Å². The molecule has 9 heteroatoms. The van der Waals surface area contributed by atoms with Crippen LogP contribution in [-0.4, -0.2) is 29.6 Å². The van der Waals surface area contributed by atoms with Gasteiger partial charge in [-0.25, -0.2) is 4.79 Å². The van der Waals surface area contributed by atoms with Crippen LogP contribution in [0.5, 0.6) is 0 Å². The van der Waals surface area contributed by atoms with E-state index < -0.39 is 5.97 Å². The third kappa shape index (κ3) is 6.42. The molecule has 0 saturated heterocycles. The van der Waals surface area contributed by atoms with Crippen LogP contribution in [0.3, 0.4) is 0 Å². The molecule has 0 aliphatic carbocycles. The normalized spacial score (nSPS) is 11.7. The SMILES string of the molecule is CC(=O)O/N=C(/C)c1ccc(N(c2ccc(C(=O)c3ccccc3)cc2)c2ccc(/C(C)=N\OC=O)c3sccc23)cc1. The van der Waals surface area contributed by atoms with Crippen LogP contribution in [0.4, 0.5) is 17.1 Å². The summed E-state index contributed by atoms with van der Waals surface area (Å²) >= 11 is 1.56. The number of thiophene rings is 1. The monoisotopic (exact) mass is 589 g/mol. The van der Waals surface area contributed by atoms with Crippen LogP contribution in [0.15, 0.2) is 113 Å². The number of ketones is 1. The Balaban J connectivity index is 1.60. The van der Waals surface area contributed by atoms with Gasteiger partial charge in [0.2, 0.25) is 0 Å². The maximum absolute atomic E-state index is 13.1. The molecular weight excluding hydrogens is 562 g/mol. The molecule has 4 aromatic carbocycles. The lowest BCUT2D eigenvalue weighted by atomic mass is 10.0. The first kappa shape index (κ1) is 29.1. The number of nitrogens with zero attached hydrogens (tertiary/aromatic N) is 3. The summed E-state index contributed by atoms with van der Waals surface area (Å²) in [7, 11) is 0. The van der Waals surface area contributed by atoms with Crippen molar-refractivity contribution in [3.8, 4) is 0 Å². The molecule has 0 bridgehead atoms. The van der Waals surface area contributed by atoms with Crippen LogP contribution < -0.4 is 4.90 Å². The van der Waals surface area contributed by atoms with Gasteiger partial charge >= 0.3 is 12.4 Å². The quantitative estimate of drug-likeness (QED) is 0.0542. The van der Waals surface area contributed by atoms with Crippen LogP contribution in [0, 0.1) is 0 Å². The van der Waals surface area contributed by atoms with Gasteiger partial charge in [0.05, 0.1) is 17.1 Å². The van der Waals surface area contributed by atoms with Gasteiger partial charge in [0.1, 0.15) is 0 Å². The van der Waals surface area contributed by atoms with Crippen LogP contribution >= 0.6 is 11.3 Å². The second-order valence-corrected chi connectivity index (χ2v) is 10.5. The standard InChI is InChI=1S/C34H27N3O5S/c1-22(36-42-24(3)39)25-9-13-28(14-10-25)37(29-15-11-27(12-16-29)33(40)26-7-5-4-6-8-26)32-18-17-30(23(2)35-41-21-38)34-31(32)19-20-43-34/h4-21H,1-3H3/b35-23-,36-22-. The topological polar surface area (TPSA) is 97.6 Å². The number of benzene rings is 4. The molecule has 214 valence electrons. The highest BCUT2D eigenvalue weighted by Crippen LogP contribution is 2.41. The van der Waals surface area contributed by atoms with E-state index in [0.29, 0.717) is 29.0 Å². The molecule has 0 aliphatic heterocycles. The number of carbonyl (C=O) groups excluding carboxylic acids is 3. The van der Waals surface area contributed by atoms with E-state index in [4.69, 9.17) is 4.84 Å². The number of oxime groups is 2. The second-order valence-electron chi connectivity index (χ2n) is 9.56. The highest BCUT2D eigenvalue weighted by atomic mass is 32.1. The minimum atomic E-state index is -0.488. The van der Waals surface area contributed by atoms with Crippen molar-refractivity contribution in [1.82, 2.24) is 0 Å². The Morgan fingerprint density at radius 1 is 0.721 bits per heavy atom. The predicted octanol–water partition coefficient (Wildman–Crippen LogP) is 7.79. The van der Waals surface area contributed by atoms with Crippen molar-refractivity contribution < 1.29 is 24.1 Å². The third-order valence-electron chi connectivity index (χ3n) is 6.74. The minimum Gasteiger partial charge on any atom is -0.321 e. The van der Waals surface area contributed by atoms with Crippen LogP contribution in [-0.2, 0) is 19.3 Å². The lowest BCUT2D eigenvalue weighted by Crippen LogP contribution is -2.12. The summed E-state index contributed by atoms with van der Waals surface area (Å²) in [6, 6.07) is 30.4. The van der Waals surface area contributed by atoms with E-state index in [2.05, 4.69) is 20.0 Å². The van der Waals surface area contributed by atoms with Crippen molar-refractivity contribution in [2.24, 2.45) is 10.3 Å². The summed E-state index contributed by atoms with van der Waals surface area (Å²) < 4.78 is 0.982. The molecule has 1 aromatic heterocycles. The highest BCUT2D eigenvalue weighted by molar-refractivity contribution is 7.17. The molecule has 0 fully saturated rings. The lowest BCUT2D eigenvalue weighted by Gasteiger charge is -2.27. The molecule has 0 radical (unpaired) electrons. The smallest absolute Gasteiger partial charge is 0.321 e. The van der Waals surface area contributed by atoms with Gasteiger partial charge in [-0.2, -0.15) is 0 Å². The molecule has 0 aliphatic rings. The largest absolute Gasteiger partial charge is 0.331 e. The molecule has 5 rings (SSSR count). The first-order valence-electron chi connectivity index (χ1n) is 13.3. The van der Waals surface area contributed by atoms with Gasteiger partial charge in [-0.15, -0.1) is 11.3 Å². The average Bonchev–Trinajstić information content (AvgIpc) is 3.54. The van der Waals surface area contributed by atoms with E-state index >= 15 is 0 Å². The van der Waals surface area contributed by atoms with E-state index in [0.717, 1.165) is 38.3 Å².